The molecule has 3 aromatic rings. The van der Waals surface area contributed by atoms with Crippen LogP contribution < -0.4 is 14.7 Å². The fourth-order valence-corrected chi connectivity index (χ4v) is 6.45. The van der Waals surface area contributed by atoms with E-state index >= 15 is 0 Å². The van der Waals surface area contributed by atoms with Gasteiger partial charge in [0.2, 0.25) is 11.8 Å². The largest absolute Gasteiger partial charge is 0.524 e. The van der Waals surface area contributed by atoms with Gasteiger partial charge in [-0.05, 0) is 41.0 Å². The van der Waals surface area contributed by atoms with Gasteiger partial charge in [0.15, 0.2) is 0 Å². The summed E-state index contributed by atoms with van der Waals surface area (Å²) in [5, 5.41) is 6.56. The van der Waals surface area contributed by atoms with Gasteiger partial charge in [0, 0.05) is 40.7 Å². The molecule has 2 fully saturated rings. The lowest BCUT2D eigenvalue weighted by molar-refractivity contribution is -0.187. The molecule has 15 heteroatoms. The molecule has 4 amide bonds. The number of carbonyl (C=O) groups is 3. The van der Waals surface area contributed by atoms with Crippen LogP contribution in [0.2, 0.25) is 5.02 Å². The van der Waals surface area contributed by atoms with E-state index in [1.54, 1.807) is 35.2 Å². The monoisotopic (exact) mass is 670 g/mol. The van der Waals surface area contributed by atoms with Crippen molar-refractivity contribution in [3.05, 3.63) is 94.5 Å². The molecular formula is C31H36ClN6O7P. The molecule has 0 aromatic heterocycles. The average Bonchev–Trinajstić information content (AvgIpc) is 2.99. The summed E-state index contributed by atoms with van der Waals surface area (Å²) < 4.78 is 15.9. The number of halogens is 1. The Labute approximate surface area is 272 Å². The van der Waals surface area contributed by atoms with E-state index in [2.05, 4.69) is 9.84 Å². The zero-order valence-corrected chi connectivity index (χ0v) is 27.3. The number of hydrogen-bond donors (Lipinski definition) is 3. The number of rotatable bonds is 9. The van der Waals surface area contributed by atoms with Crippen LogP contribution in [0, 0.1) is 0 Å². The van der Waals surface area contributed by atoms with Crippen molar-refractivity contribution in [2.24, 2.45) is 0 Å². The first-order valence-electron chi connectivity index (χ1n) is 14.5. The fourth-order valence-electron chi connectivity index (χ4n) is 5.77. The topological polar surface area (TPSA) is 146 Å². The second kappa shape index (κ2) is 13.7. The molecule has 0 spiro atoms. The maximum absolute atomic E-state index is 14.2. The molecule has 2 heterocycles. The summed E-state index contributed by atoms with van der Waals surface area (Å²) >= 11 is 6.40. The summed E-state index contributed by atoms with van der Waals surface area (Å²) in [6.45, 7) is 0.443. The maximum Gasteiger partial charge on any atom is 0.524 e. The number of hydrazine groups is 1. The highest BCUT2D eigenvalue weighted by Crippen LogP contribution is 2.38. The molecular weight excluding hydrogens is 635 g/mol. The number of carbonyl (C=O) groups excluding carboxylic acids is 3. The molecule has 46 heavy (non-hydrogen) atoms. The van der Waals surface area contributed by atoms with E-state index < -0.39 is 26.1 Å². The van der Waals surface area contributed by atoms with E-state index in [1.807, 2.05) is 61.5 Å². The van der Waals surface area contributed by atoms with E-state index in [4.69, 9.17) is 21.4 Å². The smallest absolute Gasteiger partial charge is 0.404 e. The standard InChI is InChI=1S/C31H36ClN6O7P/c1-34(2)26-16-23(11-14-25(26)32)18-36-19-28-37(27(30(36)40)15-21-9-12-24(13-10-21)45-46(42,43)44)29(39)20-35(3)38(28)31(41)33-17-22-7-5-4-6-8-22/h4-14,16,27-28H,15,17-20H2,1-3H3,(H,33,41)(H2,42,43,44)/t27-,28-/m0/s1. The Morgan fingerprint density at radius 1 is 1.02 bits per heavy atom. The molecule has 0 unspecified atom stereocenters. The second-order valence-corrected chi connectivity index (χ2v) is 13.0. The van der Waals surface area contributed by atoms with Crippen LogP contribution in [0.25, 0.3) is 0 Å². The molecule has 0 saturated carbocycles. The van der Waals surface area contributed by atoms with Crippen LogP contribution in [-0.4, -0.2) is 93.9 Å². The zero-order valence-electron chi connectivity index (χ0n) is 25.6. The predicted molar refractivity (Wildman–Crippen MR) is 172 cm³/mol. The number of urea groups is 1. The van der Waals surface area contributed by atoms with Gasteiger partial charge in [0.1, 0.15) is 18.0 Å². The van der Waals surface area contributed by atoms with Gasteiger partial charge in [0.25, 0.3) is 0 Å². The van der Waals surface area contributed by atoms with Crippen LogP contribution in [0.15, 0.2) is 72.8 Å². The normalized spacial score (nSPS) is 18.8. The van der Waals surface area contributed by atoms with Crippen LogP contribution in [0.3, 0.4) is 0 Å². The van der Waals surface area contributed by atoms with Gasteiger partial charge in [0.05, 0.1) is 23.8 Å². The molecule has 0 bridgehead atoms. The molecule has 2 aliphatic heterocycles. The Bertz CT molecular complexity index is 1640. The van der Waals surface area contributed by atoms with Crippen molar-refractivity contribution in [2.45, 2.75) is 31.7 Å². The quantitative estimate of drug-likeness (QED) is 0.293. The number of hydrogen-bond acceptors (Lipinski definition) is 7. The second-order valence-electron chi connectivity index (χ2n) is 11.4. The predicted octanol–water partition coefficient (Wildman–Crippen LogP) is 3.06. The summed E-state index contributed by atoms with van der Waals surface area (Å²) in [5.74, 6) is -0.640. The van der Waals surface area contributed by atoms with Crippen molar-refractivity contribution in [2.75, 3.05) is 39.1 Å². The average molecular weight is 671 g/mol. The van der Waals surface area contributed by atoms with Crippen LogP contribution in [0.4, 0.5) is 10.5 Å². The van der Waals surface area contributed by atoms with Gasteiger partial charge in [-0.1, -0.05) is 60.1 Å². The van der Waals surface area contributed by atoms with Gasteiger partial charge in [-0.2, -0.15) is 0 Å². The highest BCUT2D eigenvalue weighted by molar-refractivity contribution is 7.46. The number of nitrogens with one attached hydrogen (secondary N) is 1. The minimum absolute atomic E-state index is 0.0390. The van der Waals surface area contributed by atoms with E-state index in [0.29, 0.717) is 10.6 Å². The first kappa shape index (κ1) is 33.2. The number of fused-ring (bicyclic) bond motifs is 1. The minimum atomic E-state index is -4.75. The molecule has 5 rings (SSSR count). The number of anilines is 1. The Morgan fingerprint density at radius 3 is 2.35 bits per heavy atom. The third kappa shape index (κ3) is 7.63. The Morgan fingerprint density at radius 2 is 1.70 bits per heavy atom. The van der Waals surface area contributed by atoms with Crippen molar-refractivity contribution in [3.63, 3.8) is 0 Å². The summed E-state index contributed by atoms with van der Waals surface area (Å²) in [7, 11) is 0.654. The van der Waals surface area contributed by atoms with Gasteiger partial charge < -0.3 is 24.5 Å². The lowest BCUT2D eigenvalue weighted by Gasteiger charge is -2.54. The molecule has 3 aromatic carbocycles. The van der Waals surface area contributed by atoms with Gasteiger partial charge in [-0.25, -0.2) is 19.4 Å². The van der Waals surface area contributed by atoms with Gasteiger partial charge in [-0.3, -0.25) is 19.4 Å². The SMILES string of the molecule is CN(C)c1cc(CN2C[C@H]3N(C(=O)CN(C)N3C(=O)NCc3ccccc3)[C@@H](Cc3ccc(OP(=O)(O)O)cc3)C2=O)ccc1Cl. The van der Waals surface area contributed by atoms with E-state index in [0.717, 1.165) is 16.8 Å². The molecule has 13 nitrogen and oxygen atoms in total. The molecule has 244 valence electrons. The highest BCUT2D eigenvalue weighted by atomic mass is 35.5. The van der Waals surface area contributed by atoms with E-state index in [1.165, 1.54) is 22.0 Å². The Hall–Kier alpha value is -4.13. The summed E-state index contributed by atoms with van der Waals surface area (Å²) in [6.07, 6.45) is -0.705. The number of piperazine rings is 1. The first-order chi connectivity index (χ1) is 21.8. The summed E-state index contributed by atoms with van der Waals surface area (Å²) in [5.41, 5.74) is 3.15. The molecule has 2 atom stereocenters. The van der Waals surface area contributed by atoms with E-state index in [9.17, 15) is 18.9 Å². The van der Waals surface area contributed by atoms with E-state index in [-0.39, 0.29) is 50.2 Å². The number of phosphoric acid groups is 1. The minimum Gasteiger partial charge on any atom is -0.404 e. The third-order valence-electron chi connectivity index (χ3n) is 7.88. The zero-order chi connectivity index (χ0) is 33.2. The molecule has 0 aliphatic carbocycles. The Kier molecular flexibility index (Phi) is 9.90. The van der Waals surface area contributed by atoms with Gasteiger partial charge >= 0.3 is 13.9 Å². The molecule has 2 saturated heterocycles. The van der Waals surface area contributed by atoms with Crippen molar-refractivity contribution in [1.82, 2.24) is 25.1 Å². The summed E-state index contributed by atoms with van der Waals surface area (Å²) in [4.78, 5) is 64.8. The van der Waals surface area contributed by atoms with Crippen LogP contribution in [-0.2, 0) is 33.7 Å². The third-order valence-corrected chi connectivity index (χ3v) is 8.64. The van der Waals surface area contributed by atoms with Crippen molar-refractivity contribution in [1.29, 1.82) is 0 Å². The number of nitrogens with zero attached hydrogens (tertiary/aromatic N) is 5. The molecule has 2 aliphatic rings. The lowest BCUT2D eigenvalue weighted by Crippen LogP contribution is -2.76. The van der Waals surface area contributed by atoms with Crippen LogP contribution >= 0.6 is 19.4 Å². The number of amides is 4. The van der Waals surface area contributed by atoms with Crippen LogP contribution in [0.5, 0.6) is 5.75 Å². The highest BCUT2D eigenvalue weighted by Gasteiger charge is 2.50. The van der Waals surface area contributed by atoms with Gasteiger partial charge in [-0.15, -0.1) is 0 Å². The summed E-state index contributed by atoms with van der Waals surface area (Å²) in [6, 6.07) is 19.5. The molecule has 3 N–H and O–H groups in total. The Balaban J connectivity index is 1.46. The maximum atomic E-state index is 14.2. The van der Waals surface area contributed by atoms with Crippen molar-refractivity contribution >= 4 is 43.0 Å². The lowest BCUT2D eigenvalue weighted by atomic mass is 9.98. The molecule has 0 radical (unpaired) electrons. The van der Waals surface area contributed by atoms with Crippen molar-refractivity contribution in [3.8, 4) is 5.75 Å². The number of likely N-dealkylation sites (N-methyl/N-ethyl adjacent to an activating group) is 1. The first-order valence-corrected chi connectivity index (χ1v) is 16.4. The van der Waals surface area contributed by atoms with Crippen molar-refractivity contribution < 1.29 is 33.3 Å². The fraction of sp³-hybridized carbons (Fsp3) is 0.323. The number of phosphoric ester groups is 1. The van der Waals surface area contributed by atoms with Crippen LogP contribution in [0.1, 0.15) is 16.7 Å². The number of benzene rings is 3.